The molecular weight excluding hydrogens is 477 g/mol. The molecule has 1 heterocycles. The van der Waals surface area contributed by atoms with Gasteiger partial charge in [0, 0.05) is 18.7 Å². The molecule has 1 aromatic rings. The number of ketones is 1. The number of likely N-dealkylation sites (N-methyl/N-ethyl adjacent to an activating group) is 1. The summed E-state index contributed by atoms with van der Waals surface area (Å²) in [5, 5.41) is 14.3. The van der Waals surface area contributed by atoms with Crippen LogP contribution in [0.15, 0.2) is 24.3 Å². The average Bonchev–Trinajstić information content (AvgIpc) is 3.33. The number of halogens is 3. The largest absolute Gasteiger partial charge is 0.471 e. The van der Waals surface area contributed by atoms with Crippen LogP contribution >= 0.6 is 0 Å². The fraction of sp³-hybridized carbons (Fsp3) is 0.560. The van der Waals surface area contributed by atoms with Crippen molar-refractivity contribution >= 4 is 29.2 Å². The number of amides is 3. The predicted octanol–water partition coefficient (Wildman–Crippen LogP) is 2.94. The Morgan fingerprint density at radius 1 is 1.22 bits per heavy atom. The van der Waals surface area contributed by atoms with Crippen LogP contribution in [0.3, 0.4) is 0 Å². The standard InChI is InChI=1S/C25H29F3N4O4/c1-13(2)9-19(32(4)21(34)14(3)30-23(36)25(26,27)28)20(33)16-11-24(10-15(16)12-29)17-7-5-6-8-18(17)31-22(24)35/h5-8,13-16,19H,9-11H2,1-4H3,(H,30,36)(H,31,35)/t14-,15-,16?,19-,24-/m0/s1. The van der Waals surface area contributed by atoms with Gasteiger partial charge in [-0.25, -0.2) is 0 Å². The first kappa shape index (κ1) is 27.2. The Hall–Kier alpha value is -3.42. The monoisotopic (exact) mass is 506 g/mol. The number of fused-ring (bicyclic) bond motifs is 2. The maximum Gasteiger partial charge on any atom is 0.471 e. The Kier molecular flexibility index (Phi) is 7.48. The lowest BCUT2D eigenvalue weighted by Gasteiger charge is -2.33. The van der Waals surface area contributed by atoms with Gasteiger partial charge in [0.1, 0.15) is 6.04 Å². The second-order valence-electron chi connectivity index (χ2n) is 10.0. The number of carbonyl (C=O) groups is 4. The summed E-state index contributed by atoms with van der Waals surface area (Å²) in [4.78, 5) is 52.1. The van der Waals surface area contributed by atoms with E-state index in [1.807, 2.05) is 13.8 Å². The molecule has 11 heteroatoms. The fourth-order valence-corrected chi connectivity index (χ4v) is 5.29. The van der Waals surface area contributed by atoms with Gasteiger partial charge < -0.3 is 15.5 Å². The van der Waals surface area contributed by atoms with E-state index in [0.717, 1.165) is 17.4 Å². The highest BCUT2D eigenvalue weighted by Crippen LogP contribution is 2.53. The van der Waals surface area contributed by atoms with Crippen molar-refractivity contribution < 1.29 is 32.3 Å². The summed E-state index contributed by atoms with van der Waals surface area (Å²) < 4.78 is 37.9. The van der Waals surface area contributed by atoms with Gasteiger partial charge in [-0.15, -0.1) is 0 Å². The van der Waals surface area contributed by atoms with Gasteiger partial charge in [-0.05, 0) is 43.7 Å². The Balaban J connectivity index is 1.88. The van der Waals surface area contributed by atoms with Crippen molar-refractivity contribution in [1.29, 1.82) is 5.26 Å². The number of rotatable bonds is 7. The van der Waals surface area contributed by atoms with E-state index in [4.69, 9.17) is 0 Å². The highest BCUT2D eigenvalue weighted by atomic mass is 19.4. The minimum absolute atomic E-state index is 0.0688. The van der Waals surface area contributed by atoms with E-state index in [0.29, 0.717) is 5.69 Å². The summed E-state index contributed by atoms with van der Waals surface area (Å²) in [5.74, 6) is -5.53. The van der Waals surface area contributed by atoms with Gasteiger partial charge >= 0.3 is 12.1 Å². The van der Waals surface area contributed by atoms with Crippen molar-refractivity contribution in [2.45, 2.75) is 63.7 Å². The minimum Gasteiger partial charge on any atom is -0.337 e. The third-order valence-electron chi connectivity index (χ3n) is 7.09. The third kappa shape index (κ3) is 4.94. The van der Waals surface area contributed by atoms with Crippen molar-refractivity contribution in [2.75, 3.05) is 12.4 Å². The minimum atomic E-state index is -5.16. The van der Waals surface area contributed by atoms with E-state index in [-0.39, 0.29) is 31.1 Å². The molecule has 0 aromatic heterocycles. The first-order valence-electron chi connectivity index (χ1n) is 11.7. The quantitative estimate of drug-likeness (QED) is 0.589. The van der Waals surface area contributed by atoms with Crippen molar-refractivity contribution in [1.82, 2.24) is 10.2 Å². The molecule has 1 fully saturated rings. The van der Waals surface area contributed by atoms with Gasteiger partial charge in [-0.1, -0.05) is 32.0 Å². The van der Waals surface area contributed by atoms with Gasteiger partial charge in [0.15, 0.2) is 5.78 Å². The summed E-state index contributed by atoms with van der Waals surface area (Å²) in [6.07, 6.45) is -4.72. The molecule has 1 aliphatic carbocycles. The molecule has 5 atom stereocenters. The molecule has 1 aliphatic heterocycles. The zero-order valence-electron chi connectivity index (χ0n) is 20.5. The molecule has 2 aliphatic rings. The smallest absolute Gasteiger partial charge is 0.337 e. The number of alkyl halides is 3. The van der Waals surface area contributed by atoms with Crippen molar-refractivity contribution in [3.8, 4) is 6.07 Å². The van der Waals surface area contributed by atoms with E-state index in [2.05, 4.69) is 11.4 Å². The van der Waals surface area contributed by atoms with E-state index in [9.17, 15) is 37.6 Å². The lowest BCUT2D eigenvalue weighted by atomic mass is 9.78. The highest BCUT2D eigenvalue weighted by molar-refractivity contribution is 6.07. The van der Waals surface area contributed by atoms with Crippen LogP contribution in [0.2, 0.25) is 0 Å². The summed E-state index contributed by atoms with van der Waals surface area (Å²) in [6.45, 7) is 4.76. The summed E-state index contributed by atoms with van der Waals surface area (Å²) in [6, 6.07) is 6.68. The van der Waals surface area contributed by atoms with E-state index in [1.165, 1.54) is 7.05 Å². The molecule has 1 unspecified atom stereocenters. The topological polar surface area (TPSA) is 119 Å². The molecule has 1 spiro atoms. The maximum absolute atomic E-state index is 13.8. The second kappa shape index (κ2) is 9.91. The SMILES string of the molecule is CC(C)C[C@@H](C(=O)C1C[C@]2(C[C@H]1C#N)C(=O)Nc1ccccc12)N(C)C(=O)[C@H](C)NC(=O)C(F)(F)F. The van der Waals surface area contributed by atoms with Gasteiger partial charge in [-0.3, -0.25) is 19.2 Å². The van der Waals surface area contributed by atoms with E-state index < -0.39 is 53.1 Å². The Bertz CT molecular complexity index is 1110. The molecule has 8 nitrogen and oxygen atoms in total. The van der Waals surface area contributed by atoms with Crippen LogP contribution < -0.4 is 10.6 Å². The number of Topliss-reactive ketones (excluding diaryl/α,β-unsaturated/α-hetero) is 1. The van der Waals surface area contributed by atoms with E-state index >= 15 is 0 Å². The zero-order chi connectivity index (χ0) is 27.0. The summed E-state index contributed by atoms with van der Waals surface area (Å²) >= 11 is 0. The first-order valence-corrected chi connectivity index (χ1v) is 11.7. The molecule has 0 saturated heterocycles. The van der Waals surface area contributed by atoms with Crippen LogP contribution in [0.25, 0.3) is 0 Å². The molecule has 2 N–H and O–H groups in total. The average molecular weight is 507 g/mol. The highest BCUT2D eigenvalue weighted by Gasteiger charge is 2.57. The van der Waals surface area contributed by atoms with Crippen LogP contribution in [0.4, 0.5) is 18.9 Å². The zero-order valence-corrected chi connectivity index (χ0v) is 20.5. The van der Waals surface area contributed by atoms with Gasteiger partial charge in [0.05, 0.1) is 23.4 Å². The maximum atomic E-state index is 13.8. The number of nitrogens with zero attached hydrogens (tertiary/aromatic N) is 2. The molecule has 3 amide bonds. The Morgan fingerprint density at radius 2 is 1.86 bits per heavy atom. The summed E-state index contributed by atoms with van der Waals surface area (Å²) in [7, 11) is 1.30. The van der Waals surface area contributed by atoms with Crippen molar-refractivity contribution in [3.05, 3.63) is 29.8 Å². The number of hydrogen-bond acceptors (Lipinski definition) is 5. The normalized spacial score (nSPS) is 24.6. The Labute approximate surface area is 207 Å². The molecule has 194 valence electrons. The van der Waals surface area contributed by atoms with Crippen LogP contribution in [-0.2, 0) is 24.6 Å². The Morgan fingerprint density at radius 3 is 2.44 bits per heavy atom. The number of para-hydroxylation sites is 1. The van der Waals surface area contributed by atoms with Crippen molar-refractivity contribution in [3.63, 3.8) is 0 Å². The van der Waals surface area contributed by atoms with Crippen LogP contribution in [0.1, 0.15) is 45.6 Å². The molecule has 0 radical (unpaired) electrons. The number of nitriles is 1. The number of hydrogen-bond donors (Lipinski definition) is 2. The number of carbonyl (C=O) groups excluding carboxylic acids is 4. The summed E-state index contributed by atoms with van der Waals surface area (Å²) in [5.41, 5.74) is 0.308. The fourth-order valence-electron chi connectivity index (χ4n) is 5.29. The molecular formula is C25H29F3N4O4. The lowest BCUT2D eigenvalue weighted by Crippen LogP contribution is -2.54. The molecule has 1 aromatic carbocycles. The lowest BCUT2D eigenvalue weighted by molar-refractivity contribution is -0.175. The molecule has 1 saturated carbocycles. The number of nitrogens with one attached hydrogen (secondary N) is 2. The van der Waals surface area contributed by atoms with Crippen LogP contribution in [0.5, 0.6) is 0 Å². The van der Waals surface area contributed by atoms with Crippen LogP contribution in [0, 0.1) is 29.1 Å². The molecule has 3 rings (SSSR count). The van der Waals surface area contributed by atoms with Crippen molar-refractivity contribution in [2.24, 2.45) is 17.8 Å². The van der Waals surface area contributed by atoms with Gasteiger partial charge in [0.2, 0.25) is 11.8 Å². The molecule has 36 heavy (non-hydrogen) atoms. The predicted molar refractivity (Wildman–Crippen MR) is 123 cm³/mol. The third-order valence-corrected chi connectivity index (χ3v) is 7.09. The van der Waals surface area contributed by atoms with Gasteiger partial charge in [0.25, 0.3) is 0 Å². The number of benzene rings is 1. The number of anilines is 1. The first-order chi connectivity index (χ1) is 16.7. The molecule has 0 bridgehead atoms. The van der Waals surface area contributed by atoms with Crippen LogP contribution in [-0.4, -0.2) is 53.7 Å². The second-order valence-corrected chi connectivity index (χ2v) is 10.0. The van der Waals surface area contributed by atoms with Gasteiger partial charge in [-0.2, -0.15) is 18.4 Å². The van der Waals surface area contributed by atoms with E-state index in [1.54, 1.807) is 29.6 Å².